The second-order valence-electron chi connectivity index (χ2n) is 7.89. The molecule has 0 saturated carbocycles. The van der Waals surface area contributed by atoms with Crippen LogP contribution in [0.4, 0.5) is 5.69 Å². The lowest BCUT2D eigenvalue weighted by atomic mass is 10.0. The number of amides is 1. The van der Waals surface area contributed by atoms with Crippen LogP contribution >= 0.6 is 0 Å². The van der Waals surface area contributed by atoms with Crippen molar-refractivity contribution in [2.45, 2.75) is 40.2 Å². The van der Waals surface area contributed by atoms with E-state index in [1.807, 2.05) is 24.8 Å². The SMILES string of the molecule is Cc1cccc(N2CCN(/C=C(/C#N)C(=O)NC(CC(C)C)C(=O)O)CC2)c1C. The molecule has 1 aliphatic rings. The molecule has 1 atom stereocenters. The average Bonchev–Trinajstić information content (AvgIpc) is 2.67. The fraction of sp³-hybridized carbons (Fsp3) is 0.500. The summed E-state index contributed by atoms with van der Waals surface area (Å²) in [5.41, 5.74) is 3.66. The first kappa shape index (κ1) is 22.3. The van der Waals surface area contributed by atoms with Gasteiger partial charge < -0.3 is 20.2 Å². The molecule has 1 aromatic rings. The first-order valence-corrected chi connectivity index (χ1v) is 9.93. The van der Waals surface area contributed by atoms with E-state index in [2.05, 4.69) is 42.3 Å². The zero-order valence-corrected chi connectivity index (χ0v) is 17.6. The predicted octanol–water partition coefficient (Wildman–Crippen LogP) is 2.45. The van der Waals surface area contributed by atoms with Crippen LogP contribution in [-0.2, 0) is 9.59 Å². The summed E-state index contributed by atoms with van der Waals surface area (Å²) in [6.45, 7) is 10.9. The highest BCUT2D eigenvalue weighted by Gasteiger charge is 2.24. The number of carboxylic acids is 1. The van der Waals surface area contributed by atoms with E-state index in [9.17, 15) is 20.0 Å². The summed E-state index contributed by atoms with van der Waals surface area (Å²) in [5, 5.41) is 21.2. The van der Waals surface area contributed by atoms with Gasteiger partial charge in [-0.25, -0.2) is 4.79 Å². The van der Waals surface area contributed by atoms with Crippen LogP contribution in [0.25, 0.3) is 0 Å². The lowest BCUT2D eigenvalue weighted by Gasteiger charge is -2.36. The minimum atomic E-state index is -1.09. The smallest absolute Gasteiger partial charge is 0.326 e. The second kappa shape index (κ2) is 9.97. The molecule has 0 spiro atoms. The number of nitrogens with zero attached hydrogens (tertiary/aromatic N) is 3. The zero-order valence-electron chi connectivity index (χ0n) is 17.6. The van der Waals surface area contributed by atoms with Gasteiger partial charge in [-0.3, -0.25) is 4.79 Å². The first-order chi connectivity index (χ1) is 13.7. The van der Waals surface area contributed by atoms with Gasteiger partial charge in [0.15, 0.2) is 0 Å². The number of aryl methyl sites for hydroxylation is 1. The highest BCUT2D eigenvalue weighted by molar-refractivity contribution is 5.99. The third-order valence-electron chi connectivity index (χ3n) is 5.22. The molecule has 1 fully saturated rings. The monoisotopic (exact) mass is 398 g/mol. The minimum absolute atomic E-state index is 0.0693. The number of rotatable bonds is 7. The number of hydrogen-bond acceptors (Lipinski definition) is 5. The van der Waals surface area contributed by atoms with Crippen molar-refractivity contribution in [3.05, 3.63) is 41.1 Å². The van der Waals surface area contributed by atoms with Crippen LogP contribution in [0.2, 0.25) is 0 Å². The Morgan fingerprint density at radius 2 is 1.90 bits per heavy atom. The van der Waals surface area contributed by atoms with Crippen LogP contribution in [0.1, 0.15) is 31.4 Å². The maximum absolute atomic E-state index is 12.4. The van der Waals surface area contributed by atoms with Gasteiger partial charge in [-0.05, 0) is 43.4 Å². The molecular weight excluding hydrogens is 368 g/mol. The van der Waals surface area contributed by atoms with Crippen LogP contribution in [0.5, 0.6) is 0 Å². The topological polar surface area (TPSA) is 96.7 Å². The fourth-order valence-corrected chi connectivity index (χ4v) is 3.42. The van der Waals surface area contributed by atoms with Crippen molar-refractivity contribution in [1.29, 1.82) is 5.26 Å². The molecule has 0 bridgehead atoms. The highest BCUT2D eigenvalue weighted by Crippen LogP contribution is 2.24. The Morgan fingerprint density at radius 3 is 2.45 bits per heavy atom. The van der Waals surface area contributed by atoms with E-state index in [1.54, 1.807) is 6.20 Å². The third-order valence-corrected chi connectivity index (χ3v) is 5.22. The molecule has 0 aromatic heterocycles. The maximum atomic E-state index is 12.4. The average molecular weight is 399 g/mol. The van der Waals surface area contributed by atoms with Gasteiger partial charge in [0.1, 0.15) is 17.7 Å². The van der Waals surface area contributed by atoms with E-state index >= 15 is 0 Å². The number of hydrogen-bond donors (Lipinski definition) is 2. The summed E-state index contributed by atoms with van der Waals surface area (Å²) < 4.78 is 0. The lowest BCUT2D eigenvalue weighted by molar-refractivity contribution is -0.141. The van der Waals surface area contributed by atoms with Crippen LogP contribution < -0.4 is 10.2 Å². The molecule has 29 heavy (non-hydrogen) atoms. The van der Waals surface area contributed by atoms with E-state index in [-0.39, 0.29) is 11.5 Å². The summed E-state index contributed by atoms with van der Waals surface area (Å²) >= 11 is 0. The normalized spacial score (nSPS) is 15.8. The Hall–Kier alpha value is -3.01. The molecule has 7 nitrogen and oxygen atoms in total. The van der Waals surface area contributed by atoms with E-state index in [4.69, 9.17) is 0 Å². The number of piperazine rings is 1. The summed E-state index contributed by atoms with van der Waals surface area (Å²) in [4.78, 5) is 28.0. The number of benzene rings is 1. The molecule has 1 saturated heterocycles. The highest BCUT2D eigenvalue weighted by atomic mass is 16.4. The number of carbonyl (C=O) groups is 2. The molecule has 2 N–H and O–H groups in total. The summed E-state index contributed by atoms with van der Waals surface area (Å²) in [7, 11) is 0. The molecule has 7 heteroatoms. The van der Waals surface area contributed by atoms with Crippen molar-refractivity contribution in [1.82, 2.24) is 10.2 Å². The largest absolute Gasteiger partial charge is 0.480 e. The van der Waals surface area contributed by atoms with Crippen molar-refractivity contribution in [3.8, 4) is 6.07 Å². The van der Waals surface area contributed by atoms with Crippen LogP contribution in [0.3, 0.4) is 0 Å². The number of nitriles is 1. The Balaban J connectivity index is 2.01. The van der Waals surface area contributed by atoms with Crippen molar-refractivity contribution < 1.29 is 14.7 Å². The predicted molar refractivity (Wildman–Crippen MR) is 112 cm³/mol. The Morgan fingerprint density at radius 1 is 1.24 bits per heavy atom. The Bertz CT molecular complexity index is 818. The summed E-state index contributed by atoms with van der Waals surface area (Å²) in [6, 6.07) is 7.17. The van der Waals surface area contributed by atoms with Gasteiger partial charge in [0, 0.05) is 38.1 Å². The standard InChI is InChI=1S/C22H30N4O3/c1-15(2)12-19(22(28)29)24-21(27)18(13-23)14-25-8-10-26(11-9-25)20-7-5-6-16(3)17(20)4/h5-7,14-15,19H,8-12H2,1-4H3,(H,24,27)(H,28,29)/b18-14-. The summed E-state index contributed by atoms with van der Waals surface area (Å²) in [5.74, 6) is -1.62. The van der Waals surface area contributed by atoms with Crippen LogP contribution in [0, 0.1) is 31.1 Å². The van der Waals surface area contributed by atoms with Gasteiger partial charge in [-0.15, -0.1) is 0 Å². The van der Waals surface area contributed by atoms with Gasteiger partial charge in [0.25, 0.3) is 5.91 Å². The van der Waals surface area contributed by atoms with Gasteiger partial charge in [0.2, 0.25) is 0 Å². The van der Waals surface area contributed by atoms with Crippen molar-refractivity contribution in [2.75, 3.05) is 31.1 Å². The molecule has 1 heterocycles. The van der Waals surface area contributed by atoms with Crippen molar-refractivity contribution >= 4 is 17.6 Å². The molecule has 156 valence electrons. The molecule has 1 aliphatic heterocycles. The van der Waals surface area contributed by atoms with E-state index < -0.39 is 17.9 Å². The Kier molecular flexibility index (Phi) is 7.66. The van der Waals surface area contributed by atoms with E-state index in [0.717, 1.165) is 13.1 Å². The first-order valence-electron chi connectivity index (χ1n) is 9.93. The zero-order chi connectivity index (χ0) is 21.6. The molecule has 0 aliphatic carbocycles. The molecular formula is C22H30N4O3. The lowest BCUT2D eigenvalue weighted by Crippen LogP contribution is -2.45. The van der Waals surface area contributed by atoms with Crippen LogP contribution in [-0.4, -0.2) is 54.1 Å². The van der Waals surface area contributed by atoms with Gasteiger partial charge in [-0.1, -0.05) is 26.0 Å². The quantitative estimate of drug-likeness (QED) is 0.541. The van der Waals surface area contributed by atoms with Gasteiger partial charge in [-0.2, -0.15) is 5.26 Å². The second-order valence-corrected chi connectivity index (χ2v) is 7.89. The van der Waals surface area contributed by atoms with E-state index in [0.29, 0.717) is 19.5 Å². The number of carboxylic acid groups (broad SMARTS) is 1. The van der Waals surface area contributed by atoms with Crippen molar-refractivity contribution in [3.63, 3.8) is 0 Å². The van der Waals surface area contributed by atoms with E-state index in [1.165, 1.54) is 16.8 Å². The molecule has 1 unspecified atom stereocenters. The van der Waals surface area contributed by atoms with Crippen molar-refractivity contribution in [2.24, 2.45) is 5.92 Å². The summed E-state index contributed by atoms with van der Waals surface area (Å²) in [6.07, 6.45) is 1.86. The minimum Gasteiger partial charge on any atom is -0.480 e. The molecule has 2 rings (SSSR count). The molecule has 1 amide bonds. The van der Waals surface area contributed by atoms with Gasteiger partial charge >= 0.3 is 5.97 Å². The Labute approximate surface area is 172 Å². The number of carbonyl (C=O) groups excluding carboxylic acids is 1. The van der Waals surface area contributed by atoms with Crippen LogP contribution in [0.15, 0.2) is 30.0 Å². The third kappa shape index (κ3) is 5.98. The maximum Gasteiger partial charge on any atom is 0.326 e. The van der Waals surface area contributed by atoms with Gasteiger partial charge in [0.05, 0.1) is 0 Å². The number of anilines is 1. The number of aliphatic carboxylic acids is 1. The fourth-order valence-electron chi connectivity index (χ4n) is 3.42. The molecule has 0 radical (unpaired) electrons. The number of nitrogens with one attached hydrogen (secondary N) is 1. The molecule has 1 aromatic carbocycles.